The van der Waals surface area contributed by atoms with Crippen LogP contribution in [-0.4, -0.2) is 49.8 Å². The molecule has 0 aromatic heterocycles. The molecule has 3 unspecified atom stereocenters. The number of likely N-dealkylation sites (tertiary alicyclic amines) is 1. The number of piperidine rings is 1. The Kier molecular flexibility index (Phi) is 3.66. The average molecular weight is 227 g/mol. The number of carbonyl (C=O) groups excluding carboxylic acids is 1. The summed E-state index contributed by atoms with van der Waals surface area (Å²) in [5, 5.41) is 2.68. The number of rotatable bonds is 3. The summed E-state index contributed by atoms with van der Waals surface area (Å²) in [4.78, 5) is 13.3. The van der Waals surface area contributed by atoms with Crippen molar-refractivity contribution in [3.63, 3.8) is 0 Å². The van der Waals surface area contributed by atoms with E-state index in [1.54, 1.807) is 0 Å². The number of ether oxygens (including phenoxy) is 1. The molecular formula is C11H21N3O2. The summed E-state index contributed by atoms with van der Waals surface area (Å²) >= 11 is 0. The van der Waals surface area contributed by atoms with Crippen LogP contribution in [0.25, 0.3) is 0 Å². The van der Waals surface area contributed by atoms with Gasteiger partial charge in [-0.3, -0.25) is 4.90 Å². The Bertz CT molecular complexity index is 260. The standard InChI is InChI=1S/C11H21N3O2/c1-8-2-3-14(6-9(8)4-12)7-10-5-13-11(15)16-10/h8-10H,2-7,12H2,1H3,(H,13,15). The van der Waals surface area contributed by atoms with Crippen LogP contribution in [0, 0.1) is 11.8 Å². The number of cyclic esters (lactones) is 1. The molecule has 0 radical (unpaired) electrons. The molecule has 92 valence electrons. The van der Waals surface area contributed by atoms with E-state index < -0.39 is 0 Å². The third-order valence-electron chi connectivity index (χ3n) is 3.71. The maximum absolute atomic E-state index is 10.9. The summed E-state index contributed by atoms with van der Waals surface area (Å²) in [7, 11) is 0. The largest absolute Gasteiger partial charge is 0.443 e. The van der Waals surface area contributed by atoms with Crippen molar-refractivity contribution in [2.45, 2.75) is 19.4 Å². The van der Waals surface area contributed by atoms with Crippen LogP contribution in [0.15, 0.2) is 0 Å². The fourth-order valence-corrected chi connectivity index (χ4v) is 2.52. The van der Waals surface area contributed by atoms with Gasteiger partial charge in [-0.15, -0.1) is 0 Å². The normalized spacial score (nSPS) is 35.9. The SMILES string of the molecule is CC1CCN(CC2CNC(=O)O2)CC1CN. The molecule has 2 fully saturated rings. The van der Waals surface area contributed by atoms with Gasteiger partial charge in [-0.05, 0) is 31.3 Å². The molecule has 2 heterocycles. The van der Waals surface area contributed by atoms with Crippen LogP contribution in [0.4, 0.5) is 4.79 Å². The van der Waals surface area contributed by atoms with E-state index in [2.05, 4.69) is 17.1 Å². The average Bonchev–Trinajstić information content (AvgIpc) is 2.67. The second-order valence-electron chi connectivity index (χ2n) is 4.93. The lowest BCUT2D eigenvalue weighted by Gasteiger charge is -2.37. The van der Waals surface area contributed by atoms with Crippen LogP contribution >= 0.6 is 0 Å². The lowest BCUT2D eigenvalue weighted by atomic mass is 9.87. The monoisotopic (exact) mass is 227 g/mol. The number of nitrogens with one attached hydrogen (secondary N) is 1. The molecular weight excluding hydrogens is 206 g/mol. The second-order valence-corrected chi connectivity index (χ2v) is 4.93. The van der Waals surface area contributed by atoms with Crippen LogP contribution in [0.3, 0.4) is 0 Å². The first-order chi connectivity index (χ1) is 7.69. The quantitative estimate of drug-likeness (QED) is 0.713. The Morgan fingerprint density at radius 3 is 3.06 bits per heavy atom. The molecule has 16 heavy (non-hydrogen) atoms. The van der Waals surface area contributed by atoms with Gasteiger partial charge in [0.2, 0.25) is 0 Å². The zero-order valence-corrected chi connectivity index (χ0v) is 9.82. The third kappa shape index (κ3) is 2.65. The summed E-state index contributed by atoms with van der Waals surface area (Å²) in [6.45, 7) is 6.62. The van der Waals surface area contributed by atoms with Crippen molar-refractivity contribution in [1.82, 2.24) is 10.2 Å². The van der Waals surface area contributed by atoms with E-state index in [0.29, 0.717) is 18.4 Å². The first kappa shape index (κ1) is 11.7. The molecule has 0 aliphatic carbocycles. The van der Waals surface area contributed by atoms with Crippen molar-refractivity contribution in [2.24, 2.45) is 17.6 Å². The van der Waals surface area contributed by atoms with Gasteiger partial charge in [-0.25, -0.2) is 4.79 Å². The Labute approximate surface area is 96.3 Å². The van der Waals surface area contributed by atoms with Crippen LogP contribution in [0.2, 0.25) is 0 Å². The summed E-state index contributed by atoms with van der Waals surface area (Å²) < 4.78 is 5.14. The smallest absolute Gasteiger partial charge is 0.407 e. The number of nitrogens with zero attached hydrogens (tertiary/aromatic N) is 1. The highest BCUT2D eigenvalue weighted by Crippen LogP contribution is 2.22. The lowest BCUT2D eigenvalue weighted by Crippen LogP contribution is -2.45. The Morgan fingerprint density at radius 1 is 1.62 bits per heavy atom. The van der Waals surface area contributed by atoms with Gasteiger partial charge in [0, 0.05) is 13.1 Å². The molecule has 2 aliphatic rings. The number of carbonyl (C=O) groups is 1. The number of nitrogens with two attached hydrogens (primary N) is 1. The fraction of sp³-hybridized carbons (Fsp3) is 0.909. The van der Waals surface area contributed by atoms with Crippen molar-refractivity contribution in [1.29, 1.82) is 0 Å². The molecule has 0 bridgehead atoms. The van der Waals surface area contributed by atoms with Gasteiger partial charge in [-0.1, -0.05) is 6.92 Å². The van der Waals surface area contributed by atoms with Crippen molar-refractivity contribution in [3.8, 4) is 0 Å². The topological polar surface area (TPSA) is 67.6 Å². The number of alkyl carbamates (subject to hydrolysis) is 1. The van der Waals surface area contributed by atoms with E-state index in [1.165, 1.54) is 6.42 Å². The molecule has 2 rings (SSSR count). The van der Waals surface area contributed by atoms with E-state index in [-0.39, 0.29) is 12.2 Å². The van der Waals surface area contributed by atoms with Crippen LogP contribution in [0.5, 0.6) is 0 Å². The zero-order chi connectivity index (χ0) is 11.5. The van der Waals surface area contributed by atoms with E-state index in [0.717, 1.165) is 26.2 Å². The Balaban J connectivity index is 1.80. The Morgan fingerprint density at radius 2 is 2.44 bits per heavy atom. The van der Waals surface area contributed by atoms with Gasteiger partial charge in [0.25, 0.3) is 0 Å². The van der Waals surface area contributed by atoms with Crippen molar-refractivity contribution in [3.05, 3.63) is 0 Å². The van der Waals surface area contributed by atoms with E-state index in [1.807, 2.05) is 0 Å². The van der Waals surface area contributed by atoms with E-state index in [4.69, 9.17) is 10.5 Å². The maximum Gasteiger partial charge on any atom is 0.407 e. The minimum Gasteiger partial charge on any atom is -0.443 e. The van der Waals surface area contributed by atoms with Crippen molar-refractivity contribution < 1.29 is 9.53 Å². The van der Waals surface area contributed by atoms with Gasteiger partial charge in [0.15, 0.2) is 0 Å². The lowest BCUT2D eigenvalue weighted by molar-refractivity contribution is 0.0729. The first-order valence-electron chi connectivity index (χ1n) is 6.06. The Hall–Kier alpha value is -0.810. The molecule has 3 atom stereocenters. The van der Waals surface area contributed by atoms with E-state index >= 15 is 0 Å². The summed E-state index contributed by atoms with van der Waals surface area (Å²) in [5.41, 5.74) is 5.76. The van der Waals surface area contributed by atoms with Crippen molar-refractivity contribution in [2.75, 3.05) is 32.7 Å². The molecule has 0 saturated carbocycles. The maximum atomic E-state index is 10.9. The first-order valence-corrected chi connectivity index (χ1v) is 6.06. The number of amides is 1. The van der Waals surface area contributed by atoms with Gasteiger partial charge in [0.1, 0.15) is 6.10 Å². The molecule has 5 heteroatoms. The predicted molar refractivity (Wildman–Crippen MR) is 61.0 cm³/mol. The summed E-state index contributed by atoms with van der Waals surface area (Å²) in [6, 6.07) is 0. The van der Waals surface area contributed by atoms with Gasteiger partial charge in [0.05, 0.1) is 6.54 Å². The zero-order valence-electron chi connectivity index (χ0n) is 9.82. The second kappa shape index (κ2) is 5.01. The number of hydrogen-bond acceptors (Lipinski definition) is 4. The highest BCUT2D eigenvalue weighted by atomic mass is 16.6. The minimum atomic E-state index is -0.286. The highest BCUT2D eigenvalue weighted by Gasteiger charge is 2.29. The van der Waals surface area contributed by atoms with Crippen LogP contribution in [0.1, 0.15) is 13.3 Å². The molecule has 1 amide bonds. The summed E-state index contributed by atoms with van der Waals surface area (Å²) in [6.07, 6.45) is 0.917. The highest BCUT2D eigenvalue weighted by molar-refractivity contribution is 5.69. The van der Waals surface area contributed by atoms with Gasteiger partial charge in [-0.2, -0.15) is 0 Å². The predicted octanol–water partition coefficient (Wildman–Crippen LogP) is 0.0115. The third-order valence-corrected chi connectivity index (χ3v) is 3.71. The molecule has 3 N–H and O–H groups in total. The molecule has 0 spiro atoms. The molecule has 2 saturated heterocycles. The van der Waals surface area contributed by atoms with Crippen molar-refractivity contribution >= 4 is 6.09 Å². The number of hydrogen-bond donors (Lipinski definition) is 2. The fourth-order valence-electron chi connectivity index (χ4n) is 2.52. The molecule has 0 aromatic rings. The summed E-state index contributed by atoms with van der Waals surface area (Å²) in [5.74, 6) is 1.30. The van der Waals surface area contributed by atoms with Gasteiger partial charge < -0.3 is 15.8 Å². The van der Waals surface area contributed by atoms with E-state index in [9.17, 15) is 4.79 Å². The molecule has 5 nitrogen and oxygen atoms in total. The van der Waals surface area contributed by atoms with Crippen LogP contribution < -0.4 is 11.1 Å². The molecule has 2 aliphatic heterocycles. The van der Waals surface area contributed by atoms with Gasteiger partial charge >= 0.3 is 6.09 Å². The van der Waals surface area contributed by atoms with Crippen LogP contribution in [-0.2, 0) is 4.74 Å². The minimum absolute atomic E-state index is 0.0133. The molecule has 0 aromatic carbocycles.